The molecule has 0 bridgehead atoms. The first-order valence-corrected chi connectivity index (χ1v) is 5.23. The van der Waals surface area contributed by atoms with Crippen molar-refractivity contribution in [1.82, 2.24) is 0 Å². The predicted octanol–water partition coefficient (Wildman–Crippen LogP) is 3.41. The van der Waals surface area contributed by atoms with Gasteiger partial charge in [0.25, 0.3) is 0 Å². The molecule has 0 radical (unpaired) electrons. The van der Waals surface area contributed by atoms with Crippen LogP contribution in [0.5, 0.6) is 0 Å². The van der Waals surface area contributed by atoms with Crippen molar-refractivity contribution in [1.29, 1.82) is 0 Å². The highest BCUT2D eigenvalue weighted by molar-refractivity contribution is 8.02. The monoisotopic (exact) mass is 212 g/mol. The Bertz CT molecular complexity index is 385. The van der Waals surface area contributed by atoms with Crippen LogP contribution in [0.3, 0.4) is 0 Å². The lowest BCUT2D eigenvalue weighted by Crippen LogP contribution is -2.21. The molecule has 1 aliphatic heterocycles. The zero-order valence-corrected chi connectivity index (χ0v) is 9.00. The number of carbonyl (C=O) groups excluding carboxylic acids is 1. The quantitative estimate of drug-likeness (QED) is 0.656. The summed E-state index contributed by atoms with van der Waals surface area (Å²) in [6.07, 6.45) is 0. The summed E-state index contributed by atoms with van der Waals surface area (Å²) in [5, 5.41) is 0.691. The first kappa shape index (κ1) is 9.10. The van der Waals surface area contributed by atoms with Crippen LogP contribution in [-0.2, 0) is 0 Å². The SMILES string of the molecule is CC1(C)Sc2cc(Cl)ccc2C1=O. The third-order valence-corrected chi connectivity index (χ3v) is 3.59. The van der Waals surface area contributed by atoms with E-state index in [-0.39, 0.29) is 10.5 Å². The molecular weight excluding hydrogens is 204 g/mol. The minimum absolute atomic E-state index is 0.198. The molecule has 0 amide bonds. The Balaban J connectivity index is 2.57. The van der Waals surface area contributed by atoms with Gasteiger partial charge in [-0.3, -0.25) is 4.79 Å². The summed E-state index contributed by atoms with van der Waals surface area (Å²) in [5.74, 6) is 0.198. The highest BCUT2D eigenvalue weighted by Gasteiger charge is 2.38. The largest absolute Gasteiger partial charge is 0.293 e. The first-order valence-electron chi connectivity index (χ1n) is 4.04. The van der Waals surface area contributed by atoms with Crippen LogP contribution in [0, 0.1) is 0 Å². The molecular formula is C10H9ClOS. The number of fused-ring (bicyclic) bond motifs is 1. The van der Waals surface area contributed by atoms with E-state index in [1.54, 1.807) is 17.8 Å². The summed E-state index contributed by atoms with van der Waals surface area (Å²) in [5.41, 5.74) is 0.805. The molecule has 0 atom stereocenters. The van der Waals surface area contributed by atoms with Crippen LogP contribution in [0.4, 0.5) is 0 Å². The van der Waals surface area contributed by atoms with Crippen molar-refractivity contribution in [3.8, 4) is 0 Å². The molecule has 0 aromatic heterocycles. The maximum atomic E-state index is 11.8. The van der Waals surface area contributed by atoms with Crippen LogP contribution >= 0.6 is 23.4 Å². The molecule has 1 heterocycles. The fourth-order valence-electron chi connectivity index (χ4n) is 1.41. The Morgan fingerprint density at radius 2 is 2.08 bits per heavy atom. The minimum Gasteiger partial charge on any atom is -0.293 e. The van der Waals surface area contributed by atoms with Crippen LogP contribution in [0.1, 0.15) is 24.2 Å². The normalized spacial score (nSPS) is 18.8. The van der Waals surface area contributed by atoms with E-state index in [1.807, 2.05) is 26.0 Å². The van der Waals surface area contributed by atoms with Crippen LogP contribution in [-0.4, -0.2) is 10.5 Å². The number of hydrogen-bond donors (Lipinski definition) is 0. The molecule has 1 aliphatic rings. The molecule has 0 saturated carbocycles. The van der Waals surface area contributed by atoms with Crippen molar-refractivity contribution in [3.05, 3.63) is 28.8 Å². The fraction of sp³-hybridized carbons (Fsp3) is 0.300. The van der Waals surface area contributed by atoms with Gasteiger partial charge in [0, 0.05) is 15.5 Å². The summed E-state index contributed by atoms with van der Waals surface area (Å²) in [6, 6.07) is 5.43. The molecule has 2 rings (SSSR count). The Morgan fingerprint density at radius 1 is 1.38 bits per heavy atom. The maximum absolute atomic E-state index is 11.8. The minimum atomic E-state index is -0.326. The van der Waals surface area contributed by atoms with Gasteiger partial charge >= 0.3 is 0 Å². The van der Waals surface area contributed by atoms with E-state index in [1.165, 1.54) is 0 Å². The zero-order valence-electron chi connectivity index (χ0n) is 7.43. The van der Waals surface area contributed by atoms with Gasteiger partial charge in [0.05, 0.1) is 4.75 Å². The molecule has 0 fully saturated rings. The van der Waals surface area contributed by atoms with Gasteiger partial charge in [-0.05, 0) is 32.0 Å². The van der Waals surface area contributed by atoms with Crippen LogP contribution in [0.15, 0.2) is 23.1 Å². The number of hydrogen-bond acceptors (Lipinski definition) is 2. The highest BCUT2D eigenvalue weighted by atomic mass is 35.5. The highest BCUT2D eigenvalue weighted by Crippen LogP contribution is 2.45. The number of thioether (sulfide) groups is 1. The second-order valence-corrected chi connectivity index (χ2v) is 5.68. The van der Waals surface area contributed by atoms with E-state index in [0.717, 1.165) is 10.5 Å². The number of carbonyl (C=O) groups is 1. The standard InChI is InChI=1S/C10H9ClOS/c1-10(2)9(12)7-4-3-6(11)5-8(7)13-10/h3-5H,1-2H3. The Morgan fingerprint density at radius 3 is 2.77 bits per heavy atom. The molecule has 0 saturated heterocycles. The molecule has 68 valence electrons. The molecule has 13 heavy (non-hydrogen) atoms. The van der Waals surface area contributed by atoms with E-state index in [2.05, 4.69) is 0 Å². The van der Waals surface area contributed by atoms with E-state index in [0.29, 0.717) is 5.02 Å². The summed E-state index contributed by atoms with van der Waals surface area (Å²) < 4.78 is -0.326. The third-order valence-electron chi connectivity index (χ3n) is 2.10. The summed E-state index contributed by atoms with van der Waals surface area (Å²) in [6.45, 7) is 3.88. The van der Waals surface area contributed by atoms with Crippen LogP contribution < -0.4 is 0 Å². The van der Waals surface area contributed by atoms with E-state index < -0.39 is 0 Å². The van der Waals surface area contributed by atoms with Crippen LogP contribution in [0.25, 0.3) is 0 Å². The van der Waals surface area contributed by atoms with Crippen molar-refractivity contribution < 1.29 is 4.79 Å². The van der Waals surface area contributed by atoms with E-state index >= 15 is 0 Å². The number of ketones is 1. The number of halogens is 1. The summed E-state index contributed by atoms with van der Waals surface area (Å²) in [4.78, 5) is 12.8. The van der Waals surface area contributed by atoms with Gasteiger partial charge in [0.1, 0.15) is 0 Å². The van der Waals surface area contributed by atoms with Gasteiger partial charge in [0.2, 0.25) is 0 Å². The second-order valence-electron chi connectivity index (χ2n) is 3.58. The number of rotatable bonds is 0. The summed E-state index contributed by atoms with van der Waals surface area (Å²) in [7, 11) is 0. The Hall–Kier alpha value is -0.470. The topological polar surface area (TPSA) is 17.1 Å². The smallest absolute Gasteiger partial charge is 0.179 e. The van der Waals surface area contributed by atoms with Crippen molar-refractivity contribution in [2.75, 3.05) is 0 Å². The van der Waals surface area contributed by atoms with Crippen molar-refractivity contribution >= 4 is 29.1 Å². The second kappa shape index (κ2) is 2.76. The molecule has 0 spiro atoms. The molecule has 3 heteroatoms. The molecule has 0 N–H and O–H groups in total. The lowest BCUT2D eigenvalue weighted by molar-refractivity contribution is 0.0961. The first-order chi connectivity index (χ1) is 6.00. The van der Waals surface area contributed by atoms with Gasteiger partial charge in [-0.1, -0.05) is 11.6 Å². The van der Waals surface area contributed by atoms with E-state index in [9.17, 15) is 4.79 Å². The summed E-state index contributed by atoms with van der Waals surface area (Å²) >= 11 is 7.42. The third kappa shape index (κ3) is 1.38. The van der Waals surface area contributed by atoms with Gasteiger partial charge in [0.15, 0.2) is 5.78 Å². The van der Waals surface area contributed by atoms with Crippen molar-refractivity contribution in [2.45, 2.75) is 23.5 Å². The number of Topliss-reactive ketones (excluding diaryl/α,β-unsaturated/α-hetero) is 1. The molecule has 0 aliphatic carbocycles. The molecule has 1 aromatic carbocycles. The van der Waals surface area contributed by atoms with Gasteiger partial charge in [-0.15, -0.1) is 11.8 Å². The van der Waals surface area contributed by atoms with Crippen molar-refractivity contribution in [3.63, 3.8) is 0 Å². The van der Waals surface area contributed by atoms with Crippen LogP contribution in [0.2, 0.25) is 5.02 Å². The Labute approximate surface area is 86.5 Å². The van der Waals surface area contributed by atoms with Gasteiger partial charge < -0.3 is 0 Å². The van der Waals surface area contributed by atoms with Gasteiger partial charge in [-0.25, -0.2) is 0 Å². The predicted molar refractivity (Wildman–Crippen MR) is 55.7 cm³/mol. The molecule has 0 unspecified atom stereocenters. The maximum Gasteiger partial charge on any atom is 0.179 e. The molecule has 1 nitrogen and oxygen atoms in total. The average Bonchev–Trinajstić information content (AvgIpc) is 2.22. The molecule has 1 aromatic rings. The van der Waals surface area contributed by atoms with Crippen molar-refractivity contribution in [2.24, 2.45) is 0 Å². The zero-order chi connectivity index (χ0) is 9.64. The number of benzene rings is 1. The van der Waals surface area contributed by atoms with E-state index in [4.69, 9.17) is 11.6 Å². The average molecular weight is 213 g/mol. The van der Waals surface area contributed by atoms with Gasteiger partial charge in [-0.2, -0.15) is 0 Å². The fourth-order valence-corrected chi connectivity index (χ4v) is 2.86. The lowest BCUT2D eigenvalue weighted by Gasteiger charge is -2.11. The lowest BCUT2D eigenvalue weighted by atomic mass is 10.0. The Kier molecular flexibility index (Phi) is 1.93.